The van der Waals surface area contributed by atoms with Gasteiger partial charge in [0.15, 0.2) is 0 Å². The number of carbonyl (C=O) groups excluding carboxylic acids is 3. The van der Waals surface area contributed by atoms with Gasteiger partial charge in [-0.15, -0.1) is 0 Å². The highest BCUT2D eigenvalue weighted by Crippen LogP contribution is 2.07. The van der Waals surface area contributed by atoms with Crippen LogP contribution in [0.4, 0.5) is 4.79 Å². The van der Waals surface area contributed by atoms with Crippen LogP contribution in [0, 0.1) is 0 Å². The van der Waals surface area contributed by atoms with E-state index in [9.17, 15) is 14.4 Å². The van der Waals surface area contributed by atoms with E-state index in [0.29, 0.717) is 26.2 Å². The van der Waals surface area contributed by atoms with E-state index in [-0.39, 0.29) is 17.4 Å². The highest BCUT2D eigenvalue weighted by atomic mass is 16.2. The number of hydrogen-bond acceptors (Lipinski definition) is 4. The van der Waals surface area contributed by atoms with Gasteiger partial charge in [0, 0.05) is 38.6 Å². The van der Waals surface area contributed by atoms with Crippen LogP contribution >= 0.6 is 0 Å². The summed E-state index contributed by atoms with van der Waals surface area (Å²) < 4.78 is 0. The van der Waals surface area contributed by atoms with Gasteiger partial charge in [0.2, 0.25) is 11.8 Å². The fourth-order valence-electron chi connectivity index (χ4n) is 2.18. The largest absolute Gasteiger partial charge is 0.340 e. The van der Waals surface area contributed by atoms with Crippen molar-refractivity contribution in [2.24, 2.45) is 0 Å². The molecule has 0 spiro atoms. The first-order valence-electron chi connectivity index (χ1n) is 7.23. The van der Waals surface area contributed by atoms with Crippen LogP contribution in [0.15, 0.2) is 0 Å². The zero-order chi connectivity index (χ0) is 16.2. The van der Waals surface area contributed by atoms with Crippen LogP contribution in [-0.2, 0) is 9.59 Å². The SMILES string of the molecule is CC(=O)N1CCN([C@H](C)C(=O)NC(=O)NC(C)(C)C)CC1. The minimum absolute atomic E-state index is 0.0521. The molecular weight excluding hydrogens is 272 g/mol. The Morgan fingerprint density at radius 3 is 2.00 bits per heavy atom. The highest BCUT2D eigenvalue weighted by molar-refractivity contribution is 5.97. The fourth-order valence-corrected chi connectivity index (χ4v) is 2.18. The van der Waals surface area contributed by atoms with Crippen LogP contribution in [0.25, 0.3) is 0 Å². The van der Waals surface area contributed by atoms with Crippen LogP contribution in [0.1, 0.15) is 34.6 Å². The maximum absolute atomic E-state index is 12.1. The molecule has 1 rings (SSSR count). The van der Waals surface area contributed by atoms with Crippen LogP contribution in [-0.4, -0.2) is 65.4 Å². The number of hydrogen-bond donors (Lipinski definition) is 2. The Labute approximate surface area is 126 Å². The van der Waals surface area contributed by atoms with Crippen LogP contribution in [0.3, 0.4) is 0 Å². The maximum Gasteiger partial charge on any atom is 0.321 e. The van der Waals surface area contributed by atoms with Gasteiger partial charge in [-0.25, -0.2) is 4.79 Å². The standard InChI is InChI=1S/C14H26N4O3/c1-10(12(20)15-13(21)16-14(3,4)5)17-6-8-18(9-7-17)11(2)19/h10H,6-9H2,1-5H3,(H2,15,16,20,21)/t10-/m1/s1. The van der Waals surface area contributed by atoms with Gasteiger partial charge >= 0.3 is 6.03 Å². The molecule has 0 aliphatic carbocycles. The normalized spacial score (nSPS) is 18.0. The molecule has 0 aromatic heterocycles. The first kappa shape index (κ1) is 17.4. The summed E-state index contributed by atoms with van der Waals surface area (Å²) >= 11 is 0. The fraction of sp³-hybridized carbons (Fsp3) is 0.786. The third-order valence-electron chi connectivity index (χ3n) is 3.41. The second-order valence-electron chi connectivity index (χ2n) is 6.41. The first-order valence-corrected chi connectivity index (χ1v) is 7.23. The molecule has 0 aromatic rings. The molecule has 1 atom stereocenters. The quantitative estimate of drug-likeness (QED) is 0.761. The van der Waals surface area contributed by atoms with Crippen molar-refractivity contribution in [1.29, 1.82) is 0 Å². The van der Waals surface area contributed by atoms with Crippen molar-refractivity contribution >= 4 is 17.8 Å². The molecule has 0 saturated carbocycles. The van der Waals surface area contributed by atoms with E-state index in [4.69, 9.17) is 0 Å². The van der Waals surface area contributed by atoms with Gasteiger partial charge < -0.3 is 10.2 Å². The predicted octanol–water partition coefficient (Wildman–Crippen LogP) is 0.163. The summed E-state index contributed by atoms with van der Waals surface area (Å²) in [4.78, 5) is 38.7. The first-order chi connectivity index (χ1) is 9.60. The molecule has 21 heavy (non-hydrogen) atoms. The van der Waals surface area contributed by atoms with E-state index in [1.165, 1.54) is 0 Å². The van der Waals surface area contributed by atoms with Gasteiger partial charge in [0.1, 0.15) is 0 Å². The molecule has 1 fully saturated rings. The van der Waals surface area contributed by atoms with E-state index in [1.807, 2.05) is 25.7 Å². The monoisotopic (exact) mass is 298 g/mol. The molecule has 0 unspecified atom stereocenters. The van der Waals surface area contributed by atoms with Crippen molar-refractivity contribution in [3.63, 3.8) is 0 Å². The molecule has 1 saturated heterocycles. The Balaban J connectivity index is 2.45. The summed E-state index contributed by atoms with van der Waals surface area (Å²) in [6.07, 6.45) is 0. The van der Waals surface area contributed by atoms with Gasteiger partial charge in [0.05, 0.1) is 6.04 Å². The lowest BCUT2D eigenvalue weighted by Gasteiger charge is -2.37. The summed E-state index contributed by atoms with van der Waals surface area (Å²) in [7, 11) is 0. The van der Waals surface area contributed by atoms with E-state index >= 15 is 0 Å². The number of piperazine rings is 1. The zero-order valence-electron chi connectivity index (χ0n) is 13.5. The van der Waals surface area contributed by atoms with Crippen molar-refractivity contribution in [3.05, 3.63) is 0 Å². The minimum atomic E-state index is -0.485. The van der Waals surface area contributed by atoms with Gasteiger partial charge in [-0.2, -0.15) is 0 Å². The summed E-state index contributed by atoms with van der Waals surface area (Å²) in [5.41, 5.74) is -0.388. The molecule has 0 bridgehead atoms. The van der Waals surface area contributed by atoms with Gasteiger partial charge in [-0.1, -0.05) is 0 Å². The van der Waals surface area contributed by atoms with Crippen LogP contribution < -0.4 is 10.6 Å². The highest BCUT2D eigenvalue weighted by Gasteiger charge is 2.27. The summed E-state index contributed by atoms with van der Waals surface area (Å²) in [5, 5.41) is 5.04. The number of carbonyl (C=O) groups is 3. The third-order valence-corrected chi connectivity index (χ3v) is 3.41. The number of amides is 4. The van der Waals surface area contributed by atoms with Crippen LogP contribution in [0.5, 0.6) is 0 Å². The lowest BCUT2D eigenvalue weighted by atomic mass is 10.1. The summed E-state index contributed by atoms with van der Waals surface area (Å²) in [6, 6.07) is -0.883. The Bertz CT molecular complexity index is 409. The molecule has 0 radical (unpaired) electrons. The van der Waals surface area contributed by atoms with Gasteiger partial charge in [0.25, 0.3) is 0 Å². The topological polar surface area (TPSA) is 81.8 Å². The Morgan fingerprint density at radius 2 is 1.57 bits per heavy atom. The molecule has 4 amide bonds. The Hall–Kier alpha value is -1.63. The molecule has 0 aromatic carbocycles. The average Bonchev–Trinajstić information content (AvgIpc) is 2.35. The summed E-state index contributed by atoms with van der Waals surface area (Å²) in [5.74, 6) is -0.274. The van der Waals surface area contributed by atoms with Crippen molar-refractivity contribution in [1.82, 2.24) is 20.4 Å². The number of rotatable bonds is 2. The molecule has 1 aliphatic heterocycles. The Morgan fingerprint density at radius 1 is 1.05 bits per heavy atom. The molecule has 7 heteroatoms. The second-order valence-corrected chi connectivity index (χ2v) is 6.41. The molecule has 1 aliphatic rings. The van der Waals surface area contributed by atoms with Gasteiger partial charge in [-0.3, -0.25) is 19.8 Å². The van der Waals surface area contributed by atoms with Crippen molar-refractivity contribution < 1.29 is 14.4 Å². The van der Waals surface area contributed by atoms with Crippen LogP contribution in [0.2, 0.25) is 0 Å². The number of nitrogens with one attached hydrogen (secondary N) is 2. The molecule has 2 N–H and O–H groups in total. The van der Waals surface area contributed by atoms with E-state index in [1.54, 1.807) is 18.7 Å². The Kier molecular flexibility index (Phi) is 5.71. The molecule has 120 valence electrons. The number of imide groups is 1. The van der Waals surface area contributed by atoms with Crippen molar-refractivity contribution in [2.75, 3.05) is 26.2 Å². The number of urea groups is 1. The predicted molar refractivity (Wildman–Crippen MR) is 79.7 cm³/mol. The lowest BCUT2D eigenvalue weighted by molar-refractivity contribution is -0.132. The third kappa shape index (κ3) is 5.71. The van der Waals surface area contributed by atoms with Gasteiger partial charge in [-0.05, 0) is 27.7 Å². The zero-order valence-corrected chi connectivity index (χ0v) is 13.5. The molecule has 1 heterocycles. The van der Waals surface area contributed by atoms with Crippen molar-refractivity contribution in [3.8, 4) is 0 Å². The second kappa shape index (κ2) is 6.89. The minimum Gasteiger partial charge on any atom is -0.340 e. The molecular formula is C14H26N4O3. The maximum atomic E-state index is 12.1. The smallest absolute Gasteiger partial charge is 0.321 e. The van der Waals surface area contributed by atoms with E-state index in [2.05, 4.69) is 10.6 Å². The lowest BCUT2D eigenvalue weighted by Crippen LogP contribution is -2.57. The summed E-state index contributed by atoms with van der Waals surface area (Å²) in [6.45, 7) is 11.3. The van der Waals surface area contributed by atoms with E-state index < -0.39 is 12.1 Å². The number of nitrogens with zero attached hydrogens (tertiary/aromatic N) is 2. The van der Waals surface area contributed by atoms with E-state index in [0.717, 1.165) is 0 Å². The molecule has 7 nitrogen and oxygen atoms in total. The van der Waals surface area contributed by atoms with Crippen molar-refractivity contribution in [2.45, 2.75) is 46.2 Å². The average molecular weight is 298 g/mol.